The molecule has 0 saturated carbocycles. The van der Waals surface area contributed by atoms with Crippen LogP contribution in [0.15, 0.2) is 48.5 Å². The van der Waals surface area contributed by atoms with Gasteiger partial charge in [-0.3, -0.25) is 9.98 Å². The van der Waals surface area contributed by atoms with Gasteiger partial charge in [-0.25, -0.2) is 0 Å². The van der Waals surface area contributed by atoms with Crippen molar-refractivity contribution in [3.8, 4) is 34.5 Å². The Morgan fingerprint density at radius 3 is 2.19 bits per heavy atom. The number of ether oxygens (including phenoxy) is 3. The fourth-order valence-electron chi connectivity index (χ4n) is 3.29. The van der Waals surface area contributed by atoms with Crippen molar-refractivity contribution < 1.29 is 14.2 Å². The van der Waals surface area contributed by atoms with Gasteiger partial charge in [-0.2, -0.15) is 4.98 Å². The van der Waals surface area contributed by atoms with Crippen LogP contribution in [0.5, 0.6) is 17.4 Å². The summed E-state index contributed by atoms with van der Waals surface area (Å²) in [5.74, 6) is 2.87. The van der Waals surface area contributed by atoms with Crippen LogP contribution in [0.1, 0.15) is 18.4 Å². The van der Waals surface area contributed by atoms with Crippen LogP contribution < -0.4 is 19.7 Å². The molecule has 6 heteroatoms. The Labute approximate surface area is 157 Å². The average molecular weight is 363 g/mol. The first-order chi connectivity index (χ1) is 13.1. The van der Waals surface area contributed by atoms with E-state index in [-0.39, 0.29) is 5.92 Å². The molecule has 1 aliphatic rings. The molecule has 0 amide bonds. The van der Waals surface area contributed by atoms with Crippen molar-refractivity contribution in [3.05, 3.63) is 59.6 Å². The third-order valence-corrected chi connectivity index (χ3v) is 4.77. The van der Waals surface area contributed by atoms with E-state index < -0.39 is 0 Å². The molecule has 0 aliphatic carbocycles. The minimum absolute atomic E-state index is 0.134. The van der Waals surface area contributed by atoms with Gasteiger partial charge in [0.25, 0.3) is 0 Å². The number of nitrogens with one attached hydrogen (secondary N) is 1. The zero-order valence-corrected chi connectivity index (χ0v) is 15.5. The topological polar surface area (TPSA) is 69.4 Å². The largest absolute Gasteiger partial charge is 0.497 e. The maximum atomic E-state index is 8.85. The van der Waals surface area contributed by atoms with Crippen molar-refractivity contribution in [1.29, 1.82) is 5.41 Å². The molecule has 0 spiro atoms. The SMILES string of the molecule is COc1ccc(-c2nc3c(c(=N)n2-c2ccc(OC)cc2)C(C)CO3)cc1. The number of fused-ring (bicyclic) bond motifs is 1. The summed E-state index contributed by atoms with van der Waals surface area (Å²) in [6, 6.07) is 15.3. The molecule has 3 aromatic rings. The van der Waals surface area contributed by atoms with E-state index in [1.54, 1.807) is 14.2 Å². The van der Waals surface area contributed by atoms with Crippen molar-refractivity contribution in [3.63, 3.8) is 0 Å². The number of aromatic nitrogens is 2. The standard InChI is InChI=1S/C21H21N3O3/c1-13-12-27-21-18(13)19(22)24(15-6-10-17(26-3)11-7-15)20(23-21)14-4-8-16(25-2)9-5-14/h4-11,13,22H,12H2,1-3H3. The second-order valence-electron chi connectivity index (χ2n) is 6.48. The van der Waals surface area contributed by atoms with Gasteiger partial charge >= 0.3 is 0 Å². The monoisotopic (exact) mass is 363 g/mol. The van der Waals surface area contributed by atoms with Crippen molar-refractivity contribution in [2.75, 3.05) is 20.8 Å². The molecule has 1 unspecified atom stereocenters. The summed E-state index contributed by atoms with van der Waals surface area (Å²) in [6.45, 7) is 2.60. The van der Waals surface area contributed by atoms with Gasteiger partial charge in [0.2, 0.25) is 5.88 Å². The van der Waals surface area contributed by atoms with Crippen LogP contribution in [0.25, 0.3) is 17.1 Å². The lowest BCUT2D eigenvalue weighted by atomic mass is 10.1. The van der Waals surface area contributed by atoms with E-state index in [9.17, 15) is 0 Å². The molecule has 2 aromatic carbocycles. The summed E-state index contributed by atoms with van der Waals surface area (Å²) in [5.41, 5.74) is 2.95. The minimum Gasteiger partial charge on any atom is -0.497 e. The van der Waals surface area contributed by atoms with Crippen LogP contribution in [0, 0.1) is 5.41 Å². The zero-order chi connectivity index (χ0) is 19.0. The second kappa shape index (κ2) is 6.79. The Hall–Kier alpha value is -3.28. The summed E-state index contributed by atoms with van der Waals surface area (Å²) in [4.78, 5) is 4.76. The van der Waals surface area contributed by atoms with Gasteiger partial charge in [0.1, 0.15) is 22.8 Å². The molecule has 1 aliphatic heterocycles. The fraction of sp³-hybridized carbons (Fsp3) is 0.238. The Balaban J connectivity index is 1.96. The highest BCUT2D eigenvalue weighted by atomic mass is 16.5. The smallest absolute Gasteiger partial charge is 0.222 e. The molecule has 1 atom stereocenters. The summed E-state index contributed by atoms with van der Waals surface area (Å²) < 4.78 is 18.1. The Morgan fingerprint density at radius 1 is 1.00 bits per heavy atom. The van der Waals surface area contributed by atoms with Gasteiger partial charge in [-0.05, 0) is 48.5 Å². The van der Waals surface area contributed by atoms with E-state index in [1.165, 1.54) is 0 Å². The lowest BCUT2D eigenvalue weighted by molar-refractivity contribution is 0.327. The van der Waals surface area contributed by atoms with E-state index >= 15 is 0 Å². The zero-order valence-electron chi connectivity index (χ0n) is 15.5. The quantitative estimate of drug-likeness (QED) is 0.770. The third-order valence-electron chi connectivity index (χ3n) is 4.77. The van der Waals surface area contributed by atoms with Crippen molar-refractivity contribution in [2.45, 2.75) is 12.8 Å². The molecule has 138 valence electrons. The van der Waals surface area contributed by atoms with E-state index in [4.69, 9.17) is 24.6 Å². The molecule has 6 nitrogen and oxygen atoms in total. The first kappa shape index (κ1) is 17.1. The molecule has 1 N–H and O–H groups in total. The van der Waals surface area contributed by atoms with E-state index in [0.29, 0.717) is 23.8 Å². The predicted molar refractivity (Wildman–Crippen MR) is 102 cm³/mol. The number of nitrogens with zero attached hydrogens (tertiary/aromatic N) is 2. The fourth-order valence-corrected chi connectivity index (χ4v) is 3.29. The number of benzene rings is 2. The predicted octanol–water partition coefficient (Wildman–Crippen LogP) is 3.53. The Bertz CT molecular complexity index is 1020. The van der Waals surface area contributed by atoms with Gasteiger partial charge in [0.15, 0.2) is 0 Å². The maximum Gasteiger partial charge on any atom is 0.222 e. The van der Waals surface area contributed by atoms with E-state index in [1.807, 2.05) is 53.1 Å². The van der Waals surface area contributed by atoms with Gasteiger partial charge in [0.05, 0.1) is 26.4 Å². The highest BCUT2D eigenvalue weighted by Gasteiger charge is 2.27. The minimum atomic E-state index is 0.134. The first-order valence-electron chi connectivity index (χ1n) is 8.75. The highest BCUT2D eigenvalue weighted by molar-refractivity contribution is 5.61. The first-order valence-corrected chi connectivity index (χ1v) is 8.75. The molecule has 0 radical (unpaired) electrons. The Kier molecular flexibility index (Phi) is 4.32. The molecule has 0 fully saturated rings. The van der Waals surface area contributed by atoms with Gasteiger partial charge in [-0.15, -0.1) is 0 Å². The van der Waals surface area contributed by atoms with Crippen LogP contribution in [0.4, 0.5) is 0 Å². The van der Waals surface area contributed by atoms with Crippen LogP contribution >= 0.6 is 0 Å². The molecular weight excluding hydrogens is 342 g/mol. The van der Waals surface area contributed by atoms with E-state index in [2.05, 4.69) is 6.92 Å². The summed E-state index contributed by atoms with van der Waals surface area (Å²) in [5, 5.41) is 8.85. The molecule has 27 heavy (non-hydrogen) atoms. The second-order valence-corrected chi connectivity index (χ2v) is 6.48. The average Bonchev–Trinajstić information content (AvgIpc) is 3.09. The Morgan fingerprint density at radius 2 is 1.59 bits per heavy atom. The molecule has 0 saturated heterocycles. The molecule has 2 heterocycles. The highest BCUT2D eigenvalue weighted by Crippen LogP contribution is 2.32. The third kappa shape index (κ3) is 2.93. The summed E-state index contributed by atoms with van der Waals surface area (Å²) in [7, 11) is 3.27. The normalized spacial score (nSPS) is 15.1. The molecule has 4 rings (SSSR count). The van der Waals surface area contributed by atoms with Gasteiger partial charge in [0, 0.05) is 17.2 Å². The van der Waals surface area contributed by atoms with Gasteiger partial charge < -0.3 is 14.2 Å². The van der Waals surface area contributed by atoms with Crippen LogP contribution in [-0.4, -0.2) is 30.4 Å². The lowest BCUT2D eigenvalue weighted by Crippen LogP contribution is -2.25. The lowest BCUT2D eigenvalue weighted by Gasteiger charge is -2.16. The van der Waals surface area contributed by atoms with Crippen molar-refractivity contribution in [2.24, 2.45) is 0 Å². The number of rotatable bonds is 4. The van der Waals surface area contributed by atoms with Crippen LogP contribution in [-0.2, 0) is 0 Å². The van der Waals surface area contributed by atoms with Crippen LogP contribution in [0.3, 0.4) is 0 Å². The maximum absolute atomic E-state index is 8.85. The van der Waals surface area contributed by atoms with Crippen molar-refractivity contribution in [1.82, 2.24) is 9.55 Å². The molecular formula is C21H21N3O3. The van der Waals surface area contributed by atoms with E-state index in [0.717, 1.165) is 28.3 Å². The summed E-state index contributed by atoms with van der Waals surface area (Å²) in [6.07, 6.45) is 0. The number of hydrogen-bond acceptors (Lipinski definition) is 5. The number of methoxy groups -OCH3 is 2. The molecule has 1 aromatic heterocycles. The van der Waals surface area contributed by atoms with Crippen LogP contribution in [0.2, 0.25) is 0 Å². The molecule has 0 bridgehead atoms. The van der Waals surface area contributed by atoms with Crippen molar-refractivity contribution >= 4 is 0 Å². The van der Waals surface area contributed by atoms with Gasteiger partial charge in [-0.1, -0.05) is 6.92 Å². The number of hydrogen-bond donors (Lipinski definition) is 1. The summed E-state index contributed by atoms with van der Waals surface area (Å²) >= 11 is 0.